The first-order valence-electron chi connectivity index (χ1n) is 6.09. The van der Waals surface area contributed by atoms with Crippen molar-refractivity contribution >= 4 is 11.7 Å². The van der Waals surface area contributed by atoms with Gasteiger partial charge in [0.2, 0.25) is 0 Å². The van der Waals surface area contributed by atoms with Gasteiger partial charge in [-0.25, -0.2) is 4.79 Å². The molecule has 2 N–H and O–H groups in total. The third-order valence-corrected chi connectivity index (χ3v) is 2.53. The van der Waals surface area contributed by atoms with Crippen LogP contribution >= 0.6 is 0 Å². The molecule has 0 aromatic heterocycles. The molecule has 112 valence electrons. The van der Waals surface area contributed by atoms with Gasteiger partial charge in [0.1, 0.15) is 5.75 Å². The number of hydrogen-bond donors (Lipinski definition) is 1. The average Bonchev–Trinajstić information content (AvgIpc) is 2.36. The minimum Gasteiger partial charge on any atom is -0.477 e. The van der Waals surface area contributed by atoms with Gasteiger partial charge in [0.05, 0.1) is 17.9 Å². The molecule has 4 nitrogen and oxygen atoms in total. The second-order valence-electron chi connectivity index (χ2n) is 4.02. The van der Waals surface area contributed by atoms with Crippen molar-refractivity contribution in [2.45, 2.75) is 32.5 Å². The molecule has 0 aliphatic rings. The lowest BCUT2D eigenvalue weighted by atomic mass is 10.2. The Morgan fingerprint density at radius 3 is 2.45 bits per heavy atom. The van der Waals surface area contributed by atoms with Gasteiger partial charge in [-0.3, -0.25) is 0 Å². The molecule has 7 heteroatoms. The summed E-state index contributed by atoms with van der Waals surface area (Å²) in [4.78, 5) is 11.5. The SMILES string of the molecule is CCOC(=O)C(CC)Oc1ccc(C(F)(F)F)cc1N. The standard InChI is InChI=1S/C13H16F3NO3/c1-3-10(12(18)19-4-2)20-11-6-5-8(7-9(11)17)13(14,15)16/h5-7,10H,3-4,17H2,1-2H3. The number of nitrogens with two attached hydrogens (primary N) is 1. The number of carbonyl (C=O) groups excluding carboxylic acids is 1. The summed E-state index contributed by atoms with van der Waals surface area (Å²) in [6, 6.07) is 2.72. The van der Waals surface area contributed by atoms with E-state index in [0.29, 0.717) is 6.42 Å². The van der Waals surface area contributed by atoms with Gasteiger partial charge in [0, 0.05) is 0 Å². The van der Waals surface area contributed by atoms with Crippen molar-refractivity contribution in [3.05, 3.63) is 23.8 Å². The third-order valence-electron chi connectivity index (χ3n) is 2.53. The predicted octanol–water partition coefficient (Wildman–Crippen LogP) is 3.01. The Balaban J connectivity index is 2.90. The molecule has 0 saturated heterocycles. The molecule has 1 aromatic rings. The first-order valence-corrected chi connectivity index (χ1v) is 6.09. The quantitative estimate of drug-likeness (QED) is 0.669. The molecule has 1 atom stereocenters. The summed E-state index contributed by atoms with van der Waals surface area (Å²) >= 11 is 0. The zero-order chi connectivity index (χ0) is 15.3. The van der Waals surface area contributed by atoms with Crippen LogP contribution < -0.4 is 10.5 Å². The van der Waals surface area contributed by atoms with Crippen molar-refractivity contribution in [3.63, 3.8) is 0 Å². The molecule has 20 heavy (non-hydrogen) atoms. The summed E-state index contributed by atoms with van der Waals surface area (Å²) in [5.74, 6) is -0.549. The van der Waals surface area contributed by atoms with E-state index in [1.54, 1.807) is 13.8 Å². The zero-order valence-corrected chi connectivity index (χ0v) is 11.2. The largest absolute Gasteiger partial charge is 0.477 e. The fourth-order valence-electron chi connectivity index (χ4n) is 1.52. The highest BCUT2D eigenvalue weighted by Gasteiger charge is 2.31. The summed E-state index contributed by atoms with van der Waals surface area (Å²) in [5, 5.41) is 0. The van der Waals surface area contributed by atoms with Crippen LogP contribution in [-0.2, 0) is 15.7 Å². The molecule has 0 saturated carbocycles. The van der Waals surface area contributed by atoms with Crippen molar-refractivity contribution in [1.82, 2.24) is 0 Å². The molecule has 0 spiro atoms. The van der Waals surface area contributed by atoms with Gasteiger partial charge in [-0.15, -0.1) is 0 Å². The van der Waals surface area contributed by atoms with Gasteiger partial charge in [0.25, 0.3) is 0 Å². The molecule has 1 rings (SSSR count). The highest BCUT2D eigenvalue weighted by atomic mass is 19.4. The first-order chi connectivity index (χ1) is 9.29. The topological polar surface area (TPSA) is 61.5 Å². The van der Waals surface area contributed by atoms with Gasteiger partial charge in [-0.05, 0) is 31.5 Å². The number of benzene rings is 1. The van der Waals surface area contributed by atoms with E-state index in [1.165, 1.54) is 0 Å². The summed E-state index contributed by atoms with van der Waals surface area (Å²) in [6.45, 7) is 3.54. The van der Waals surface area contributed by atoms with Crippen LogP contribution in [0.1, 0.15) is 25.8 Å². The van der Waals surface area contributed by atoms with E-state index in [4.69, 9.17) is 15.2 Å². The molecule has 0 aliphatic heterocycles. The Morgan fingerprint density at radius 1 is 1.35 bits per heavy atom. The minimum absolute atomic E-state index is 0.0258. The van der Waals surface area contributed by atoms with E-state index in [-0.39, 0.29) is 18.0 Å². The molecule has 0 amide bonds. The molecule has 0 fully saturated rings. The van der Waals surface area contributed by atoms with Gasteiger partial charge < -0.3 is 15.2 Å². The van der Waals surface area contributed by atoms with Crippen LogP contribution in [0.15, 0.2) is 18.2 Å². The Bertz CT molecular complexity index is 474. The van der Waals surface area contributed by atoms with E-state index in [9.17, 15) is 18.0 Å². The van der Waals surface area contributed by atoms with Crippen molar-refractivity contribution in [1.29, 1.82) is 0 Å². The van der Waals surface area contributed by atoms with Crippen molar-refractivity contribution < 1.29 is 27.4 Å². The molecular weight excluding hydrogens is 275 g/mol. The molecule has 1 unspecified atom stereocenters. The summed E-state index contributed by atoms with van der Waals surface area (Å²) < 4.78 is 47.6. The number of esters is 1. The summed E-state index contributed by atoms with van der Waals surface area (Å²) in [6.07, 6.45) is -5.05. The Hall–Kier alpha value is -1.92. The van der Waals surface area contributed by atoms with Crippen LogP contribution in [-0.4, -0.2) is 18.7 Å². The Kier molecular flexibility index (Phi) is 5.24. The van der Waals surface area contributed by atoms with Crippen molar-refractivity contribution in [2.24, 2.45) is 0 Å². The molecule has 0 radical (unpaired) electrons. The lowest BCUT2D eigenvalue weighted by molar-refractivity contribution is -0.151. The second kappa shape index (κ2) is 6.49. The zero-order valence-electron chi connectivity index (χ0n) is 11.2. The predicted molar refractivity (Wildman–Crippen MR) is 67.2 cm³/mol. The highest BCUT2D eigenvalue weighted by Crippen LogP contribution is 2.34. The lowest BCUT2D eigenvalue weighted by Crippen LogP contribution is -2.29. The maximum absolute atomic E-state index is 12.5. The van der Waals surface area contributed by atoms with E-state index >= 15 is 0 Å². The van der Waals surface area contributed by atoms with E-state index < -0.39 is 23.8 Å². The molecule has 1 aromatic carbocycles. The number of alkyl halides is 3. The van der Waals surface area contributed by atoms with Gasteiger partial charge in [-0.1, -0.05) is 6.92 Å². The maximum atomic E-state index is 12.5. The smallest absolute Gasteiger partial charge is 0.416 e. The van der Waals surface area contributed by atoms with Gasteiger partial charge in [-0.2, -0.15) is 13.2 Å². The summed E-state index contributed by atoms with van der Waals surface area (Å²) in [7, 11) is 0. The minimum atomic E-state index is -4.47. The summed E-state index contributed by atoms with van der Waals surface area (Å²) in [5.41, 5.74) is 4.47. The van der Waals surface area contributed by atoms with Crippen molar-refractivity contribution in [3.8, 4) is 5.75 Å². The van der Waals surface area contributed by atoms with E-state index in [2.05, 4.69) is 0 Å². The number of ether oxygens (including phenoxy) is 2. The number of carbonyl (C=O) groups is 1. The number of anilines is 1. The fourth-order valence-corrected chi connectivity index (χ4v) is 1.52. The highest BCUT2D eigenvalue weighted by molar-refractivity contribution is 5.75. The maximum Gasteiger partial charge on any atom is 0.416 e. The van der Waals surface area contributed by atoms with Crippen LogP contribution in [0.5, 0.6) is 5.75 Å². The van der Waals surface area contributed by atoms with Crippen LogP contribution in [0.4, 0.5) is 18.9 Å². The molecular formula is C13H16F3NO3. The van der Waals surface area contributed by atoms with Crippen LogP contribution in [0.25, 0.3) is 0 Å². The van der Waals surface area contributed by atoms with E-state index in [0.717, 1.165) is 18.2 Å². The lowest BCUT2D eigenvalue weighted by Gasteiger charge is -2.18. The number of hydrogen-bond acceptors (Lipinski definition) is 4. The van der Waals surface area contributed by atoms with Gasteiger partial charge >= 0.3 is 12.1 Å². The van der Waals surface area contributed by atoms with Crippen LogP contribution in [0.3, 0.4) is 0 Å². The van der Waals surface area contributed by atoms with Crippen LogP contribution in [0.2, 0.25) is 0 Å². The Morgan fingerprint density at radius 2 is 2.00 bits per heavy atom. The average molecular weight is 291 g/mol. The van der Waals surface area contributed by atoms with Gasteiger partial charge in [0.15, 0.2) is 6.10 Å². The normalized spacial score (nSPS) is 12.8. The molecule has 0 heterocycles. The third kappa shape index (κ3) is 4.04. The second-order valence-corrected chi connectivity index (χ2v) is 4.02. The Labute approximate surface area is 114 Å². The van der Waals surface area contributed by atoms with Crippen LogP contribution in [0, 0.1) is 0 Å². The number of nitrogen functional groups attached to an aromatic ring is 1. The van der Waals surface area contributed by atoms with E-state index in [1.807, 2.05) is 0 Å². The number of halogens is 3. The molecule has 0 aliphatic carbocycles. The number of rotatable bonds is 5. The molecule has 0 bridgehead atoms. The fraction of sp³-hybridized carbons (Fsp3) is 0.462. The van der Waals surface area contributed by atoms with Crippen molar-refractivity contribution in [2.75, 3.05) is 12.3 Å². The first kappa shape index (κ1) is 16.1. The monoisotopic (exact) mass is 291 g/mol.